The first kappa shape index (κ1) is 18.0. The molecule has 0 aliphatic carbocycles. The van der Waals surface area contributed by atoms with E-state index >= 15 is 0 Å². The van der Waals surface area contributed by atoms with Crippen molar-refractivity contribution in [3.05, 3.63) is 42.5 Å². The molecule has 0 spiro atoms. The zero-order valence-corrected chi connectivity index (χ0v) is 15.6. The molecule has 0 aromatic heterocycles. The summed E-state index contributed by atoms with van der Waals surface area (Å²) in [5.74, 6) is 0. The second-order valence-corrected chi connectivity index (χ2v) is 8.13. The third kappa shape index (κ3) is 3.31. The highest BCUT2D eigenvalue weighted by Crippen LogP contribution is 2.50. The van der Waals surface area contributed by atoms with Crippen LogP contribution < -0.4 is 4.90 Å². The lowest BCUT2D eigenvalue weighted by molar-refractivity contribution is 0.0552. The van der Waals surface area contributed by atoms with Gasteiger partial charge in [-0.25, -0.2) is 4.79 Å². The van der Waals surface area contributed by atoms with E-state index in [4.69, 9.17) is 14.2 Å². The van der Waals surface area contributed by atoms with Crippen LogP contribution >= 0.6 is 0 Å². The van der Waals surface area contributed by atoms with Crippen molar-refractivity contribution >= 4 is 11.8 Å². The molecule has 1 aromatic carbocycles. The van der Waals surface area contributed by atoms with E-state index in [1.807, 2.05) is 39.0 Å². The fourth-order valence-electron chi connectivity index (χ4n) is 3.57. The van der Waals surface area contributed by atoms with Gasteiger partial charge in [-0.3, -0.25) is 4.90 Å². The van der Waals surface area contributed by atoms with Gasteiger partial charge in [0.15, 0.2) is 6.29 Å². The summed E-state index contributed by atoms with van der Waals surface area (Å²) in [6.07, 6.45) is 0.837. The minimum Gasteiger partial charge on any atom is -0.443 e. The number of amides is 1. The van der Waals surface area contributed by atoms with Gasteiger partial charge in [0.05, 0.1) is 18.3 Å². The second kappa shape index (κ2) is 6.15. The van der Waals surface area contributed by atoms with E-state index in [1.165, 1.54) is 0 Å². The van der Waals surface area contributed by atoms with Crippen molar-refractivity contribution in [2.45, 2.75) is 64.1 Å². The first-order valence-electron chi connectivity index (χ1n) is 8.66. The minimum atomic E-state index is -0.563. The molecule has 0 bridgehead atoms. The first-order chi connectivity index (χ1) is 11.7. The van der Waals surface area contributed by atoms with Gasteiger partial charge >= 0.3 is 6.09 Å². The molecule has 25 heavy (non-hydrogen) atoms. The van der Waals surface area contributed by atoms with Gasteiger partial charge in [-0.2, -0.15) is 0 Å². The smallest absolute Gasteiger partial charge is 0.415 e. The molecule has 2 aliphatic rings. The van der Waals surface area contributed by atoms with E-state index in [9.17, 15) is 4.79 Å². The van der Waals surface area contributed by atoms with Gasteiger partial charge in [0.1, 0.15) is 11.7 Å². The Balaban J connectivity index is 1.94. The van der Waals surface area contributed by atoms with Crippen LogP contribution in [-0.4, -0.2) is 36.7 Å². The zero-order valence-electron chi connectivity index (χ0n) is 15.6. The maximum absolute atomic E-state index is 13.0. The number of hydrogen-bond donors (Lipinski definition) is 0. The molecule has 136 valence electrons. The topological polar surface area (TPSA) is 51.3 Å². The van der Waals surface area contributed by atoms with Crippen molar-refractivity contribution in [2.24, 2.45) is 0 Å². The van der Waals surface area contributed by atoms with Crippen LogP contribution in [0.3, 0.4) is 0 Å². The number of ether oxygens (including phenoxy) is 3. The van der Waals surface area contributed by atoms with Gasteiger partial charge in [-0.15, -0.1) is 6.58 Å². The largest absolute Gasteiger partial charge is 0.443 e. The first-order valence-corrected chi connectivity index (χ1v) is 8.66. The van der Waals surface area contributed by atoms with Gasteiger partial charge < -0.3 is 14.2 Å². The SMILES string of the molecule is C=CCOC1OC1C1N(C(=O)OC(C)(C)C)c2ccccc2C1(C)C. The Morgan fingerprint density at radius 1 is 1.36 bits per heavy atom. The fraction of sp³-hybridized carbons (Fsp3) is 0.550. The number of anilines is 1. The molecule has 3 rings (SSSR count). The van der Waals surface area contributed by atoms with Crippen LogP contribution in [0.25, 0.3) is 0 Å². The zero-order chi connectivity index (χ0) is 18.4. The summed E-state index contributed by atoms with van der Waals surface area (Å²) in [4.78, 5) is 14.7. The average molecular weight is 345 g/mol. The van der Waals surface area contributed by atoms with Gasteiger partial charge in [-0.1, -0.05) is 38.1 Å². The van der Waals surface area contributed by atoms with Gasteiger partial charge in [0, 0.05) is 5.41 Å². The van der Waals surface area contributed by atoms with E-state index in [1.54, 1.807) is 11.0 Å². The fourth-order valence-corrected chi connectivity index (χ4v) is 3.57. The maximum atomic E-state index is 13.0. The molecule has 1 fully saturated rings. The summed E-state index contributed by atoms with van der Waals surface area (Å²) in [7, 11) is 0. The molecule has 0 radical (unpaired) electrons. The van der Waals surface area contributed by atoms with Crippen molar-refractivity contribution in [3.63, 3.8) is 0 Å². The second-order valence-electron chi connectivity index (χ2n) is 8.13. The minimum absolute atomic E-state index is 0.185. The Kier molecular flexibility index (Phi) is 4.41. The molecule has 5 nitrogen and oxygen atoms in total. The number of carbonyl (C=O) groups excluding carboxylic acids is 1. The summed E-state index contributed by atoms with van der Waals surface area (Å²) >= 11 is 0. The van der Waals surface area contributed by atoms with Crippen LogP contribution in [0.4, 0.5) is 10.5 Å². The number of rotatable bonds is 4. The number of benzene rings is 1. The molecular weight excluding hydrogens is 318 g/mol. The highest BCUT2D eigenvalue weighted by molar-refractivity contribution is 5.93. The maximum Gasteiger partial charge on any atom is 0.415 e. The highest BCUT2D eigenvalue weighted by atomic mass is 16.8. The molecule has 3 atom stereocenters. The number of epoxide rings is 1. The average Bonchev–Trinajstić information content (AvgIpc) is 3.22. The quantitative estimate of drug-likeness (QED) is 0.611. The monoisotopic (exact) mass is 345 g/mol. The predicted molar refractivity (Wildman–Crippen MR) is 96.8 cm³/mol. The van der Waals surface area contributed by atoms with Gasteiger partial charge in [0.25, 0.3) is 0 Å². The molecule has 5 heteroatoms. The molecule has 1 saturated heterocycles. The number of para-hydroxylation sites is 1. The summed E-state index contributed by atoms with van der Waals surface area (Å²) in [5, 5.41) is 0. The molecule has 2 aliphatic heterocycles. The Morgan fingerprint density at radius 2 is 2.04 bits per heavy atom. The number of nitrogens with zero attached hydrogens (tertiary/aromatic N) is 1. The molecular formula is C20H27NO4. The van der Waals surface area contributed by atoms with E-state index in [0.29, 0.717) is 6.61 Å². The van der Waals surface area contributed by atoms with E-state index < -0.39 is 5.60 Å². The van der Waals surface area contributed by atoms with Crippen molar-refractivity contribution in [3.8, 4) is 0 Å². The molecule has 1 amide bonds. The lowest BCUT2D eigenvalue weighted by Crippen LogP contribution is -2.50. The Labute approximate surface area is 149 Å². The molecule has 0 N–H and O–H groups in total. The van der Waals surface area contributed by atoms with Crippen LogP contribution in [0.5, 0.6) is 0 Å². The number of hydrogen-bond acceptors (Lipinski definition) is 4. The van der Waals surface area contributed by atoms with Gasteiger partial charge in [0.2, 0.25) is 0 Å². The third-order valence-corrected chi connectivity index (χ3v) is 4.64. The van der Waals surface area contributed by atoms with Crippen LogP contribution in [0.2, 0.25) is 0 Å². The predicted octanol–water partition coefficient (Wildman–Crippen LogP) is 4.02. The van der Waals surface area contributed by atoms with E-state index in [2.05, 4.69) is 26.5 Å². The van der Waals surface area contributed by atoms with E-state index in [0.717, 1.165) is 11.3 Å². The Morgan fingerprint density at radius 3 is 2.68 bits per heavy atom. The summed E-state index contributed by atoms with van der Waals surface area (Å²) in [6, 6.07) is 7.77. The standard InChI is InChI=1S/C20H27NO4/c1-7-12-23-17-15(24-17)16-20(5,6)13-10-8-9-11-14(13)21(16)18(22)25-19(2,3)4/h7-11,15-17H,1,12H2,2-6H3. The molecule has 3 unspecified atom stereocenters. The molecule has 2 heterocycles. The van der Waals surface area contributed by atoms with Crippen LogP contribution in [0.1, 0.15) is 40.2 Å². The van der Waals surface area contributed by atoms with Crippen molar-refractivity contribution in [2.75, 3.05) is 11.5 Å². The number of carbonyl (C=O) groups is 1. The lowest BCUT2D eigenvalue weighted by atomic mass is 9.79. The Bertz CT molecular complexity index is 677. The summed E-state index contributed by atoms with van der Waals surface area (Å²) < 4.78 is 17.1. The highest BCUT2D eigenvalue weighted by Gasteiger charge is 2.60. The lowest BCUT2D eigenvalue weighted by Gasteiger charge is -2.33. The van der Waals surface area contributed by atoms with Gasteiger partial charge in [-0.05, 0) is 32.4 Å². The summed E-state index contributed by atoms with van der Waals surface area (Å²) in [6.45, 7) is 14.0. The van der Waals surface area contributed by atoms with Crippen molar-refractivity contribution in [1.29, 1.82) is 0 Å². The normalized spacial score (nSPS) is 26.9. The summed E-state index contributed by atoms with van der Waals surface area (Å²) in [5.41, 5.74) is 1.16. The third-order valence-electron chi connectivity index (χ3n) is 4.64. The van der Waals surface area contributed by atoms with E-state index in [-0.39, 0.29) is 29.9 Å². The van der Waals surface area contributed by atoms with Crippen LogP contribution in [0, 0.1) is 0 Å². The van der Waals surface area contributed by atoms with Crippen molar-refractivity contribution < 1.29 is 19.0 Å². The Hall–Kier alpha value is -1.85. The van der Waals surface area contributed by atoms with Crippen LogP contribution in [0.15, 0.2) is 36.9 Å². The van der Waals surface area contributed by atoms with Crippen LogP contribution in [-0.2, 0) is 19.6 Å². The number of fused-ring (bicyclic) bond motifs is 1. The molecule has 1 aromatic rings. The van der Waals surface area contributed by atoms with Crippen molar-refractivity contribution in [1.82, 2.24) is 0 Å². The molecule has 0 saturated carbocycles.